The Hall–Kier alpha value is -2.31. The van der Waals surface area contributed by atoms with Crippen LogP contribution in [-0.4, -0.2) is 12.0 Å². The van der Waals surface area contributed by atoms with Crippen molar-refractivity contribution in [3.8, 4) is 0 Å². The maximum absolute atomic E-state index is 13.0. The number of rotatable bonds is 4. The van der Waals surface area contributed by atoms with Crippen molar-refractivity contribution in [2.45, 2.75) is 12.7 Å². The summed E-state index contributed by atoms with van der Waals surface area (Å²) in [6, 6.07) is 7.64. The van der Waals surface area contributed by atoms with Gasteiger partial charge in [0.1, 0.15) is 17.5 Å². The molecule has 0 aliphatic rings. The highest BCUT2D eigenvalue weighted by Crippen LogP contribution is 2.32. The molecule has 2 aromatic rings. The van der Waals surface area contributed by atoms with Crippen molar-refractivity contribution in [1.29, 1.82) is 0 Å². The molecule has 0 fully saturated rings. The molecule has 0 aliphatic carbocycles. The van der Waals surface area contributed by atoms with Crippen LogP contribution in [0.15, 0.2) is 36.4 Å². The third kappa shape index (κ3) is 4.08. The number of pyridine rings is 1. The van der Waals surface area contributed by atoms with Gasteiger partial charge in [0, 0.05) is 13.6 Å². The van der Waals surface area contributed by atoms with Gasteiger partial charge in [0.15, 0.2) is 0 Å². The molecule has 2 rings (SSSR count). The van der Waals surface area contributed by atoms with Crippen LogP contribution < -0.4 is 10.6 Å². The fraction of sp³-hybridized carbons (Fsp3) is 0.214. The van der Waals surface area contributed by atoms with Crippen LogP contribution in [0.4, 0.5) is 29.2 Å². The number of nitrogens with zero attached hydrogens (tertiary/aromatic N) is 1. The highest BCUT2D eigenvalue weighted by atomic mass is 19.4. The van der Waals surface area contributed by atoms with Gasteiger partial charge < -0.3 is 10.6 Å². The van der Waals surface area contributed by atoms with Gasteiger partial charge in [0.2, 0.25) is 0 Å². The molecule has 0 saturated heterocycles. The van der Waals surface area contributed by atoms with Gasteiger partial charge in [-0.25, -0.2) is 9.37 Å². The summed E-state index contributed by atoms with van der Waals surface area (Å²) in [5.74, 6) is -0.229. The lowest BCUT2D eigenvalue weighted by molar-refractivity contribution is -0.137. The lowest BCUT2D eigenvalue weighted by Crippen LogP contribution is -2.10. The van der Waals surface area contributed by atoms with Crippen LogP contribution in [0.25, 0.3) is 0 Å². The average molecular weight is 299 g/mol. The Kier molecular flexibility index (Phi) is 4.30. The molecule has 7 heteroatoms. The molecule has 0 bridgehead atoms. The molecule has 21 heavy (non-hydrogen) atoms. The summed E-state index contributed by atoms with van der Waals surface area (Å²) in [5.41, 5.74) is -0.191. The molecule has 1 heterocycles. The number of alkyl halides is 3. The van der Waals surface area contributed by atoms with Gasteiger partial charge in [0.05, 0.1) is 5.56 Å². The molecule has 2 N–H and O–H groups in total. The van der Waals surface area contributed by atoms with E-state index in [9.17, 15) is 17.6 Å². The summed E-state index contributed by atoms with van der Waals surface area (Å²) in [4.78, 5) is 3.99. The van der Waals surface area contributed by atoms with Crippen LogP contribution in [0.3, 0.4) is 0 Å². The summed E-state index contributed by atoms with van der Waals surface area (Å²) < 4.78 is 51.3. The minimum Gasteiger partial charge on any atom is -0.373 e. The van der Waals surface area contributed by atoms with Crippen LogP contribution in [0.1, 0.15) is 11.1 Å². The molecule has 0 atom stereocenters. The molecule has 0 radical (unpaired) electrons. The minimum absolute atomic E-state index is 0.0680. The Morgan fingerprint density at radius 1 is 1.10 bits per heavy atom. The molecule has 0 saturated carbocycles. The van der Waals surface area contributed by atoms with Gasteiger partial charge in [-0.3, -0.25) is 0 Å². The highest BCUT2D eigenvalue weighted by Gasteiger charge is 2.31. The van der Waals surface area contributed by atoms with Crippen molar-refractivity contribution in [1.82, 2.24) is 4.98 Å². The summed E-state index contributed by atoms with van der Waals surface area (Å²) in [6.45, 7) is 0.176. The molecule has 0 aliphatic heterocycles. The summed E-state index contributed by atoms with van der Waals surface area (Å²) in [5, 5.41) is 5.33. The summed E-state index contributed by atoms with van der Waals surface area (Å²) in [7, 11) is 1.48. The molecular weight excluding hydrogens is 286 g/mol. The van der Waals surface area contributed by atoms with E-state index in [0.29, 0.717) is 5.56 Å². The Balaban J connectivity index is 2.19. The Labute approximate surface area is 119 Å². The molecular formula is C14H13F4N3. The van der Waals surface area contributed by atoms with Crippen LogP contribution >= 0.6 is 0 Å². The fourth-order valence-electron chi connectivity index (χ4n) is 1.75. The number of aromatic nitrogens is 1. The maximum atomic E-state index is 13.0. The molecule has 0 unspecified atom stereocenters. The SMILES string of the molecule is CNc1cc(C(F)(F)F)cc(NCc2cccc(F)c2)n1. The first-order chi connectivity index (χ1) is 9.88. The van der Waals surface area contributed by atoms with Crippen molar-refractivity contribution in [2.75, 3.05) is 17.7 Å². The molecule has 1 aromatic heterocycles. The van der Waals surface area contributed by atoms with E-state index in [-0.39, 0.29) is 18.2 Å². The van der Waals surface area contributed by atoms with Crippen molar-refractivity contribution in [3.63, 3.8) is 0 Å². The molecule has 0 spiro atoms. The predicted octanol–water partition coefficient (Wildman–Crippen LogP) is 3.89. The van der Waals surface area contributed by atoms with E-state index in [2.05, 4.69) is 15.6 Å². The topological polar surface area (TPSA) is 37.0 Å². The van der Waals surface area contributed by atoms with E-state index in [1.54, 1.807) is 6.07 Å². The first-order valence-electron chi connectivity index (χ1n) is 6.14. The second-order valence-electron chi connectivity index (χ2n) is 4.36. The molecule has 0 amide bonds. The normalized spacial score (nSPS) is 11.3. The zero-order valence-electron chi connectivity index (χ0n) is 11.1. The lowest BCUT2D eigenvalue weighted by atomic mass is 10.2. The number of anilines is 2. The van der Waals surface area contributed by atoms with Gasteiger partial charge in [-0.2, -0.15) is 13.2 Å². The maximum Gasteiger partial charge on any atom is 0.416 e. The summed E-state index contributed by atoms with van der Waals surface area (Å²) in [6.07, 6.45) is -4.45. The van der Waals surface area contributed by atoms with E-state index in [1.807, 2.05) is 0 Å². The predicted molar refractivity (Wildman–Crippen MR) is 72.5 cm³/mol. The third-order valence-corrected chi connectivity index (χ3v) is 2.77. The number of hydrogen-bond donors (Lipinski definition) is 2. The summed E-state index contributed by atoms with van der Waals surface area (Å²) >= 11 is 0. The Morgan fingerprint density at radius 3 is 2.43 bits per heavy atom. The van der Waals surface area contributed by atoms with E-state index < -0.39 is 17.6 Å². The zero-order valence-corrected chi connectivity index (χ0v) is 11.1. The smallest absolute Gasteiger partial charge is 0.373 e. The number of nitrogens with one attached hydrogen (secondary N) is 2. The van der Waals surface area contributed by atoms with Crippen LogP contribution in [-0.2, 0) is 12.7 Å². The first kappa shape index (κ1) is 15.1. The standard InChI is InChI=1S/C14H13F4N3/c1-19-12-6-10(14(16,17)18)7-13(21-12)20-8-9-3-2-4-11(15)5-9/h2-7H,8H2,1H3,(H2,19,20,21). The zero-order chi connectivity index (χ0) is 15.5. The minimum atomic E-state index is -4.45. The number of benzene rings is 1. The van der Waals surface area contributed by atoms with Gasteiger partial charge >= 0.3 is 6.18 Å². The quantitative estimate of drug-likeness (QED) is 0.841. The highest BCUT2D eigenvalue weighted by molar-refractivity contribution is 5.49. The van der Waals surface area contributed by atoms with Crippen LogP contribution in [0, 0.1) is 5.82 Å². The average Bonchev–Trinajstić information content (AvgIpc) is 2.44. The van der Waals surface area contributed by atoms with E-state index in [4.69, 9.17) is 0 Å². The lowest BCUT2D eigenvalue weighted by Gasteiger charge is -2.12. The van der Waals surface area contributed by atoms with E-state index in [0.717, 1.165) is 12.1 Å². The van der Waals surface area contributed by atoms with Gasteiger partial charge in [0.25, 0.3) is 0 Å². The van der Waals surface area contributed by atoms with E-state index in [1.165, 1.54) is 25.2 Å². The van der Waals surface area contributed by atoms with E-state index >= 15 is 0 Å². The first-order valence-corrected chi connectivity index (χ1v) is 6.14. The largest absolute Gasteiger partial charge is 0.416 e. The van der Waals surface area contributed by atoms with Gasteiger partial charge in [-0.05, 0) is 29.8 Å². The molecule has 1 aromatic carbocycles. The Morgan fingerprint density at radius 2 is 1.81 bits per heavy atom. The molecule has 112 valence electrons. The second-order valence-corrected chi connectivity index (χ2v) is 4.36. The fourth-order valence-corrected chi connectivity index (χ4v) is 1.75. The molecule has 3 nitrogen and oxygen atoms in total. The van der Waals surface area contributed by atoms with Crippen molar-refractivity contribution in [2.24, 2.45) is 0 Å². The van der Waals surface area contributed by atoms with Crippen molar-refractivity contribution >= 4 is 11.6 Å². The van der Waals surface area contributed by atoms with Crippen LogP contribution in [0.5, 0.6) is 0 Å². The van der Waals surface area contributed by atoms with Crippen LogP contribution in [0.2, 0.25) is 0 Å². The Bertz CT molecular complexity index is 626. The van der Waals surface area contributed by atoms with Crippen molar-refractivity contribution < 1.29 is 17.6 Å². The van der Waals surface area contributed by atoms with Crippen molar-refractivity contribution in [3.05, 3.63) is 53.3 Å². The van der Waals surface area contributed by atoms with Gasteiger partial charge in [-0.15, -0.1) is 0 Å². The second kappa shape index (κ2) is 5.99. The monoisotopic (exact) mass is 299 g/mol. The number of hydrogen-bond acceptors (Lipinski definition) is 3. The number of halogens is 4. The van der Waals surface area contributed by atoms with Gasteiger partial charge in [-0.1, -0.05) is 12.1 Å². The third-order valence-electron chi connectivity index (χ3n) is 2.77.